The van der Waals surface area contributed by atoms with Crippen molar-refractivity contribution >= 4 is 99.6 Å². The molecule has 0 aliphatic carbocycles. The molecule has 4 aromatic carbocycles. The molecule has 2 aromatic heterocycles. The number of H-pyrrole nitrogens is 2. The quantitative estimate of drug-likeness (QED) is 0.00878. The first-order valence-electron chi connectivity index (χ1n) is 28.4. The Balaban J connectivity index is 1.27. The number of nitrogens with zero attached hydrogens (tertiary/aromatic N) is 1. The maximum absolute atomic E-state index is 14.9. The molecule has 29 nitrogen and oxygen atoms in total. The van der Waals surface area contributed by atoms with Gasteiger partial charge in [0.05, 0.1) is 19.1 Å². The second-order valence-electron chi connectivity index (χ2n) is 21.2. The highest BCUT2D eigenvalue weighted by Gasteiger charge is 2.37. The number of nitrogens with one attached hydrogen (secondary N) is 10. The zero-order valence-electron chi connectivity index (χ0n) is 48.8. The van der Waals surface area contributed by atoms with Gasteiger partial charge in [-0.05, 0) is 66.3 Å². The summed E-state index contributed by atoms with van der Waals surface area (Å²) in [6, 6.07) is 13.4. The third-order valence-electron chi connectivity index (χ3n) is 14.4. The number of hydrogen-bond acceptors (Lipinski definition) is 16. The van der Waals surface area contributed by atoms with Crippen molar-refractivity contribution in [3.05, 3.63) is 138 Å². The maximum Gasteiger partial charge on any atom is 0.326 e. The average Bonchev–Trinajstić information content (AvgIpc) is 1.89. The normalized spacial score (nSPS) is 14.5. The number of carboxylic acid groups (broad SMARTS) is 2. The molecule has 10 atom stereocenters. The molecular formula is C60H74N14O15S. The van der Waals surface area contributed by atoms with E-state index in [-0.39, 0.29) is 62.5 Å². The Morgan fingerprint density at radius 1 is 0.533 bits per heavy atom. The Bertz CT molecular complexity index is 3520. The zero-order chi connectivity index (χ0) is 65.6. The molecule has 8 amide bonds. The molecule has 0 aliphatic rings. The standard InChI is InChI=1S/C60H74N14O15S/c1-31(76)50(58(87)71-45(25-35-28-66-41-15-8-6-13-38(35)41)55(84)72-47(59(88)89)23-32-10-3-2-4-11-32)74-56(85)46(26-49(78)79)70-52(81)42(16-9-21-64-60(62)63)67-54(83)44(24-34-27-65-40-14-7-5-12-37(34)40)69-53(82)43(22-33-17-19-36(77)20-18-33)68-57(86)48(30-90)73-51(80)39(61)29-75/h2-8,10-15,17-20,27-28,31,39,42-48,50,65-66,75-77,90H,9,16,21-26,29-30,61H2,1H3,(H,67,83)(H,68,86)(H,69,82)(H,70,81)(H,71,87)(H,72,84)(H,73,80)(H,74,85)(H,78,79)(H,88,89)(H4,62,63,64)/t31-,39+,42+,43+,44+,45+,46+,47+,48+,50+/m1/s1. The number of aliphatic carboxylic acids is 2. The van der Waals surface area contributed by atoms with E-state index in [2.05, 4.69) is 70.1 Å². The second-order valence-corrected chi connectivity index (χ2v) is 21.6. The van der Waals surface area contributed by atoms with Crippen LogP contribution in [0.1, 0.15) is 48.4 Å². The van der Waals surface area contributed by atoms with E-state index >= 15 is 0 Å². The van der Waals surface area contributed by atoms with Crippen LogP contribution < -0.4 is 59.7 Å². The minimum atomic E-state index is -2.04. The topological polar surface area (TPSA) is 490 Å². The van der Waals surface area contributed by atoms with Crippen molar-refractivity contribution in [1.82, 2.24) is 52.5 Å². The van der Waals surface area contributed by atoms with Crippen molar-refractivity contribution in [1.29, 1.82) is 0 Å². The van der Waals surface area contributed by atoms with Gasteiger partial charge in [0.1, 0.15) is 60.1 Å². The summed E-state index contributed by atoms with van der Waals surface area (Å²) in [5.41, 5.74) is 20.1. The van der Waals surface area contributed by atoms with Crippen molar-refractivity contribution in [2.45, 2.75) is 112 Å². The Morgan fingerprint density at radius 3 is 1.48 bits per heavy atom. The fourth-order valence-electron chi connectivity index (χ4n) is 9.58. The summed E-state index contributed by atoms with van der Waals surface area (Å²) < 4.78 is 0. The van der Waals surface area contributed by atoms with Gasteiger partial charge in [0.15, 0.2) is 5.96 Å². The zero-order valence-corrected chi connectivity index (χ0v) is 49.7. The van der Waals surface area contributed by atoms with Crippen molar-refractivity contribution in [3.8, 4) is 5.75 Å². The van der Waals surface area contributed by atoms with Crippen LogP contribution in [0.25, 0.3) is 21.8 Å². The Hall–Kier alpha value is -10.0. The molecule has 0 bridgehead atoms. The molecule has 0 fully saturated rings. The van der Waals surface area contributed by atoms with Crippen LogP contribution in [-0.4, -0.2) is 180 Å². The SMILES string of the molecule is C[C@@H](O)[C@H](NC(=O)[C@H](CC(=O)O)NC(=O)[C@H](CCCN=C(N)N)NC(=O)[C@H](Cc1c[nH]c2ccccc12)NC(=O)[C@H](Cc1ccc(O)cc1)NC(=O)[C@H](CS)NC(=O)[C@@H](N)CO)C(=O)N[C@@H](Cc1c[nH]c2ccccc12)C(=O)N[C@@H](Cc1ccccc1)C(=O)O. The molecule has 0 spiro atoms. The number of phenols is 1. The van der Waals surface area contributed by atoms with Crippen LogP contribution in [0.4, 0.5) is 0 Å². The van der Waals surface area contributed by atoms with Gasteiger partial charge in [0, 0.05) is 72.2 Å². The highest BCUT2D eigenvalue weighted by atomic mass is 32.1. The molecule has 21 N–H and O–H groups in total. The van der Waals surface area contributed by atoms with E-state index < -0.39 is 133 Å². The van der Waals surface area contributed by atoms with E-state index in [4.69, 9.17) is 17.2 Å². The molecule has 6 rings (SSSR count). The first kappa shape index (κ1) is 69.1. The van der Waals surface area contributed by atoms with Crippen LogP contribution >= 0.6 is 12.6 Å². The van der Waals surface area contributed by atoms with E-state index in [0.29, 0.717) is 44.1 Å². The predicted octanol–water partition coefficient (Wildman–Crippen LogP) is -2.25. The maximum atomic E-state index is 14.9. The molecule has 0 radical (unpaired) electrons. The number of amides is 8. The second kappa shape index (κ2) is 33.3. The number of hydrogen-bond donors (Lipinski definition) is 19. The number of thiol groups is 1. The van der Waals surface area contributed by atoms with Crippen LogP contribution in [-0.2, 0) is 73.6 Å². The largest absolute Gasteiger partial charge is 0.508 e. The lowest BCUT2D eigenvalue weighted by molar-refractivity contribution is -0.142. The average molecular weight is 1260 g/mol. The number of carbonyl (C=O) groups is 10. The summed E-state index contributed by atoms with van der Waals surface area (Å²) in [4.78, 5) is 148. The van der Waals surface area contributed by atoms with E-state index in [9.17, 15) is 73.5 Å². The monoisotopic (exact) mass is 1260 g/mol. The van der Waals surface area contributed by atoms with Gasteiger partial charge in [-0.2, -0.15) is 12.6 Å². The number of aromatic nitrogens is 2. The van der Waals surface area contributed by atoms with Gasteiger partial charge in [0.25, 0.3) is 0 Å². The summed E-state index contributed by atoms with van der Waals surface area (Å²) in [5, 5.41) is 71.8. The number of nitrogens with two attached hydrogens (primary N) is 3. The molecule has 6 aromatic rings. The van der Waals surface area contributed by atoms with Gasteiger partial charge in [-0.1, -0.05) is 78.9 Å². The summed E-state index contributed by atoms with van der Waals surface area (Å²) in [6.45, 7) is 0.246. The molecule has 90 heavy (non-hydrogen) atoms. The molecule has 30 heteroatoms. The first-order chi connectivity index (χ1) is 42.9. The van der Waals surface area contributed by atoms with Gasteiger partial charge in [-0.15, -0.1) is 0 Å². The van der Waals surface area contributed by atoms with Crippen molar-refractivity contribution in [2.24, 2.45) is 22.2 Å². The fourth-order valence-corrected chi connectivity index (χ4v) is 9.84. The number of carboxylic acids is 2. The number of para-hydroxylation sites is 2. The van der Waals surface area contributed by atoms with Crippen LogP contribution in [0.3, 0.4) is 0 Å². The number of aromatic amines is 2. The van der Waals surface area contributed by atoms with Crippen LogP contribution in [0.5, 0.6) is 5.75 Å². The van der Waals surface area contributed by atoms with Crippen LogP contribution in [0, 0.1) is 0 Å². The molecular weight excluding hydrogens is 1190 g/mol. The van der Waals surface area contributed by atoms with Crippen molar-refractivity contribution in [2.75, 3.05) is 18.9 Å². The predicted molar refractivity (Wildman–Crippen MR) is 332 cm³/mol. The van der Waals surface area contributed by atoms with Gasteiger partial charge in [-0.3, -0.25) is 48.1 Å². The Morgan fingerprint density at radius 2 is 0.967 bits per heavy atom. The van der Waals surface area contributed by atoms with Gasteiger partial charge in [-0.25, -0.2) is 4.79 Å². The summed E-state index contributed by atoms with van der Waals surface area (Å²) in [5.74, 6) is -12.2. The molecule has 0 aliphatic heterocycles. The lowest BCUT2D eigenvalue weighted by Crippen LogP contribution is -2.62. The van der Waals surface area contributed by atoms with Crippen molar-refractivity contribution in [3.63, 3.8) is 0 Å². The van der Waals surface area contributed by atoms with Gasteiger partial charge in [0.2, 0.25) is 47.3 Å². The van der Waals surface area contributed by atoms with E-state index in [0.717, 1.165) is 6.92 Å². The number of phenolic OH excluding ortho intramolecular Hbond substituents is 1. The number of benzene rings is 4. The van der Waals surface area contributed by atoms with E-state index in [1.807, 2.05) is 0 Å². The molecule has 2 heterocycles. The van der Waals surface area contributed by atoms with E-state index in [1.54, 1.807) is 91.3 Å². The van der Waals surface area contributed by atoms with Crippen molar-refractivity contribution < 1.29 is 73.5 Å². The number of aromatic hydroxyl groups is 1. The Labute approximate surface area is 520 Å². The lowest BCUT2D eigenvalue weighted by Gasteiger charge is -2.28. The number of guanidine groups is 1. The molecule has 480 valence electrons. The first-order valence-corrected chi connectivity index (χ1v) is 29.1. The third kappa shape index (κ3) is 20.3. The molecule has 0 saturated heterocycles. The highest BCUT2D eigenvalue weighted by Crippen LogP contribution is 2.22. The number of fused-ring (bicyclic) bond motifs is 2. The third-order valence-corrected chi connectivity index (χ3v) is 14.7. The van der Waals surface area contributed by atoms with Gasteiger partial charge >= 0.3 is 11.9 Å². The highest BCUT2D eigenvalue weighted by molar-refractivity contribution is 7.80. The summed E-state index contributed by atoms with van der Waals surface area (Å²) in [7, 11) is 0. The smallest absolute Gasteiger partial charge is 0.326 e. The lowest BCUT2D eigenvalue weighted by atomic mass is 10.0. The summed E-state index contributed by atoms with van der Waals surface area (Å²) in [6.07, 6.45) is -0.974. The minimum Gasteiger partial charge on any atom is -0.508 e. The molecule has 0 unspecified atom stereocenters. The number of aliphatic imine (C=N–C) groups is 1. The minimum absolute atomic E-state index is 0.0324. The van der Waals surface area contributed by atoms with Crippen LogP contribution in [0.2, 0.25) is 0 Å². The fraction of sp³-hybridized carbons (Fsp3) is 0.350. The van der Waals surface area contributed by atoms with Gasteiger partial charge < -0.3 is 95.2 Å². The summed E-state index contributed by atoms with van der Waals surface area (Å²) >= 11 is 4.18. The number of aliphatic hydroxyl groups excluding tert-OH is 2. The number of carbonyl (C=O) groups excluding carboxylic acids is 8. The number of rotatable bonds is 34. The molecule has 0 saturated carbocycles. The number of aliphatic hydroxyl groups is 2. The van der Waals surface area contributed by atoms with Crippen LogP contribution in [0.15, 0.2) is 121 Å². The van der Waals surface area contributed by atoms with E-state index in [1.165, 1.54) is 24.3 Å². The Kier molecular flexibility index (Phi) is 25.6.